The van der Waals surface area contributed by atoms with E-state index in [4.69, 9.17) is 4.74 Å². The van der Waals surface area contributed by atoms with Crippen molar-refractivity contribution in [2.45, 2.75) is 32.4 Å². The van der Waals surface area contributed by atoms with Gasteiger partial charge in [0, 0.05) is 26.2 Å². The molecule has 6 heteroatoms. The summed E-state index contributed by atoms with van der Waals surface area (Å²) in [6.45, 7) is 6.56. The van der Waals surface area contributed by atoms with E-state index in [0.29, 0.717) is 12.5 Å². The minimum Gasteiger partial charge on any atom is -0.375 e. The summed E-state index contributed by atoms with van der Waals surface area (Å²) in [7, 11) is 3.34. The summed E-state index contributed by atoms with van der Waals surface area (Å²) < 4.78 is 5.50. The first-order valence-corrected chi connectivity index (χ1v) is 7.69. The lowest BCUT2D eigenvalue weighted by Crippen LogP contribution is -2.48. The second kappa shape index (κ2) is 9.15. The van der Waals surface area contributed by atoms with Gasteiger partial charge in [0.1, 0.15) is 0 Å². The predicted octanol–water partition coefficient (Wildman–Crippen LogP) is 1.45. The minimum absolute atomic E-state index is 0.0770. The highest BCUT2D eigenvalue weighted by molar-refractivity contribution is 5.86. The second-order valence-corrected chi connectivity index (χ2v) is 6.24. The number of nitrogens with zero attached hydrogens (tertiary/aromatic N) is 1. The number of ether oxygens (including phenoxy) is 1. The normalized spacial score (nSPS) is 13.3. The van der Waals surface area contributed by atoms with Crippen molar-refractivity contribution in [2.24, 2.45) is 4.99 Å². The van der Waals surface area contributed by atoms with Gasteiger partial charge in [-0.05, 0) is 26.3 Å². The van der Waals surface area contributed by atoms with Crippen LogP contribution in [0, 0.1) is 0 Å². The largest absolute Gasteiger partial charge is 0.375 e. The smallest absolute Gasteiger partial charge is 0.239 e. The molecule has 0 radical (unpaired) electrons. The van der Waals surface area contributed by atoms with Crippen molar-refractivity contribution in [1.82, 2.24) is 16.0 Å². The number of hydrogen-bond donors (Lipinski definition) is 3. The molecule has 0 fully saturated rings. The van der Waals surface area contributed by atoms with Crippen LogP contribution in [0.5, 0.6) is 0 Å². The number of carbonyl (C=O) groups is 1. The van der Waals surface area contributed by atoms with Gasteiger partial charge < -0.3 is 20.7 Å². The predicted molar refractivity (Wildman–Crippen MR) is 93.5 cm³/mol. The Morgan fingerprint density at radius 3 is 2.39 bits per heavy atom. The van der Waals surface area contributed by atoms with Crippen LogP contribution >= 0.6 is 0 Å². The van der Waals surface area contributed by atoms with Gasteiger partial charge in [0.25, 0.3) is 0 Å². The quantitative estimate of drug-likeness (QED) is 0.548. The maximum atomic E-state index is 11.8. The number of carbonyl (C=O) groups excluding carboxylic acids is 1. The van der Waals surface area contributed by atoms with Crippen LogP contribution < -0.4 is 16.0 Å². The van der Waals surface area contributed by atoms with E-state index in [0.717, 1.165) is 5.56 Å². The van der Waals surface area contributed by atoms with Crippen LogP contribution in [-0.2, 0) is 9.53 Å². The monoisotopic (exact) mass is 320 g/mol. The maximum absolute atomic E-state index is 11.8. The third-order valence-electron chi connectivity index (χ3n) is 3.07. The van der Waals surface area contributed by atoms with Gasteiger partial charge in [-0.15, -0.1) is 0 Å². The Kier molecular flexibility index (Phi) is 7.54. The molecule has 0 saturated heterocycles. The molecule has 0 aliphatic heterocycles. The molecule has 0 aliphatic carbocycles. The van der Waals surface area contributed by atoms with E-state index in [9.17, 15) is 4.79 Å². The summed E-state index contributed by atoms with van der Waals surface area (Å²) in [6, 6.07) is 9.96. The van der Waals surface area contributed by atoms with Gasteiger partial charge in [0.05, 0.1) is 12.6 Å². The van der Waals surface area contributed by atoms with Crippen LogP contribution in [-0.4, -0.2) is 44.7 Å². The Balaban J connectivity index is 2.46. The zero-order valence-corrected chi connectivity index (χ0v) is 14.6. The molecule has 0 saturated carbocycles. The molecule has 0 aromatic heterocycles. The molecular weight excluding hydrogens is 292 g/mol. The topological polar surface area (TPSA) is 74.8 Å². The summed E-state index contributed by atoms with van der Waals surface area (Å²) in [5.41, 5.74) is 0.841. The SMILES string of the molecule is CN=C(NCC(=O)NC(C)(C)C)NCC(OC)c1ccccc1. The number of benzene rings is 1. The van der Waals surface area contributed by atoms with E-state index < -0.39 is 0 Å². The summed E-state index contributed by atoms with van der Waals surface area (Å²) in [5, 5.41) is 9.06. The Morgan fingerprint density at radius 1 is 1.22 bits per heavy atom. The van der Waals surface area contributed by atoms with Crippen molar-refractivity contribution in [1.29, 1.82) is 0 Å². The Hall–Kier alpha value is -2.08. The first kappa shape index (κ1) is 19.0. The zero-order valence-electron chi connectivity index (χ0n) is 14.6. The fraction of sp³-hybridized carbons (Fsp3) is 0.529. The van der Waals surface area contributed by atoms with Crippen molar-refractivity contribution in [3.63, 3.8) is 0 Å². The number of nitrogens with one attached hydrogen (secondary N) is 3. The van der Waals surface area contributed by atoms with Gasteiger partial charge in [-0.25, -0.2) is 0 Å². The van der Waals surface area contributed by atoms with Gasteiger partial charge in [0.2, 0.25) is 5.91 Å². The number of hydrogen-bond acceptors (Lipinski definition) is 3. The number of aliphatic imine (C=N–C) groups is 1. The fourth-order valence-corrected chi connectivity index (χ4v) is 2.04. The molecular formula is C17H28N4O2. The summed E-state index contributed by atoms with van der Waals surface area (Å²) in [6.07, 6.45) is -0.0850. The first-order chi connectivity index (χ1) is 10.9. The fourth-order valence-electron chi connectivity index (χ4n) is 2.04. The van der Waals surface area contributed by atoms with Crippen LogP contribution in [0.3, 0.4) is 0 Å². The van der Waals surface area contributed by atoms with Gasteiger partial charge in [0.15, 0.2) is 5.96 Å². The third kappa shape index (κ3) is 7.65. The van der Waals surface area contributed by atoms with Crippen molar-refractivity contribution in [3.05, 3.63) is 35.9 Å². The molecule has 128 valence electrons. The van der Waals surface area contributed by atoms with Crippen LogP contribution in [0.15, 0.2) is 35.3 Å². The number of amides is 1. The summed E-state index contributed by atoms with van der Waals surface area (Å²) >= 11 is 0. The maximum Gasteiger partial charge on any atom is 0.239 e. The van der Waals surface area contributed by atoms with Crippen molar-refractivity contribution < 1.29 is 9.53 Å². The average Bonchev–Trinajstić information content (AvgIpc) is 2.50. The van der Waals surface area contributed by atoms with E-state index in [1.807, 2.05) is 51.1 Å². The van der Waals surface area contributed by atoms with Gasteiger partial charge in [-0.1, -0.05) is 30.3 Å². The van der Waals surface area contributed by atoms with E-state index in [1.54, 1.807) is 14.2 Å². The van der Waals surface area contributed by atoms with Crippen molar-refractivity contribution in [2.75, 3.05) is 27.2 Å². The van der Waals surface area contributed by atoms with E-state index in [2.05, 4.69) is 20.9 Å². The van der Waals surface area contributed by atoms with E-state index in [1.165, 1.54) is 0 Å². The van der Waals surface area contributed by atoms with Crippen molar-refractivity contribution in [3.8, 4) is 0 Å². The lowest BCUT2D eigenvalue weighted by molar-refractivity contribution is -0.121. The standard InChI is InChI=1S/C17H28N4O2/c1-17(2,3)21-15(22)12-20-16(18-4)19-11-14(23-5)13-9-7-6-8-10-13/h6-10,14H,11-12H2,1-5H3,(H,21,22)(H2,18,19,20). The van der Waals surface area contributed by atoms with Gasteiger partial charge in [-0.2, -0.15) is 0 Å². The average molecular weight is 320 g/mol. The van der Waals surface area contributed by atoms with E-state index in [-0.39, 0.29) is 24.1 Å². The molecule has 0 aliphatic rings. The molecule has 6 nitrogen and oxygen atoms in total. The van der Waals surface area contributed by atoms with Crippen LogP contribution in [0.2, 0.25) is 0 Å². The number of guanidine groups is 1. The Bertz CT molecular complexity index is 509. The van der Waals surface area contributed by atoms with Gasteiger partial charge >= 0.3 is 0 Å². The van der Waals surface area contributed by atoms with Crippen LogP contribution in [0.1, 0.15) is 32.4 Å². The van der Waals surface area contributed by atoms with Crippen LogP contribution in [0.25, 0.3) is 0 Å². The molecule has 1 amide bonds. The van der Waals surface area contributed by atoms with Crippen LogP contribution in [0.4, 0.5) is 0 Å². The highest BCUT2D eigenvalue weighted by atomic mass is 16.5. The Morgan fingerprint density at radius 2 is 1.87 bits per heavy atom. The lowest BCUT2D eigenvalue weighted by Gasteiger charge is -2.22. The minimum atomic E-state index is -0.246. The number of methoxy groups -OCH3 is 1. The summed E-state index contributed by atoms with van der Waals surface area (Å²) in [4.78, 5) is 15.9. The molecule has 1 atom stereocenters. The zero-order chi connectivity index (χ0) is 17.3. The molecule has 3 N–H and O–H groups in total. The highest BCUT2D eigenvalue weighted by Gasteiger charge is 2.14. The Labute approximate surface area is 138 Å². The molecule has 0 bridgehead atoms. The molecule has 1 aromatic rings. The van der Waals surface area contributed by atoms with E-state index >= 15 is 0 Å². The highest BCUT2D eigenvalue weighted by Crippen LogP contribution is 2.14. The molecule has 1 unspecified atom stereocenters. The first-order valence-electron chi connectivity index (χ1n) is 7.69. The summed E-state index contributed by atoms with van der Waals surface area (Å²) in [5.74, 6) is 0.485. The molecule has 23 heavy (non-hydrogen) atoms. The van der Waals surface area contributed by atoms with Crippen molar-refractivity contribution >= 4 is 11.9 Å². The lowest BCUT2D eigenvalue weighted by atomic mass is 10.1. The third-order valence-corrected chi connectivity index (χ3v) is 3.07. The molecule has 1 rings (SSSR count). The number of rotatable bonds is 6. The molecule has 0 heterocycles. The second-order valence-electron chi connectivity index (χ2n) is 6.24. The van der Waals surface area contributed by atoms with Gasteiger partial charge in [-0.3, -0.25) is 9.79 Å². The molecule has 0 spiro atoms. The molecule has 1 aromatic carbocycles.